The van der Waals surface area contributed by atoms with E-state index in [-0.39, 0.29) is 0 Å². The lowest BCUT2D eigenvalue weighted by Crippen LogP contribution is -2.22. The molecule has 0 atom stereocenters. The van der Waals surface area contributed by atoms with Crippen LogP contribution in [0, 0.1) is 0 Å². The lowest BCUT2D eigenvalue weighted by Gasteiger charge is -2.22. The van der Waals surface area contributed by atoms with Crippen LogP contribution in [-0.2, 0) is 19.6 Å². The second-order valence-corrected chi connectivity index (χ2v) is 5.71. The summed E-state index contributed by atoms with van der Waals surface area (Å²) < 4.78 is 0. The molecule has 0 aliphatic carbocycles. The zero-order chi connectivity index (χ0) is 15.9. The first kappa shape index (κ1) is 15.3. The van der Waals surface area contributed by atoms with Gasteiger partial charge in [-0.2, -0.15) is 0 Å². The van der Waals surface area contributed by atoms with Crippen LogP contribution in [0.15, 0.2) is 79.0 Å². The van der Waals surface area contributed by atoms with Gasteiger partial charge < -0.3 is 5.73 Å². The molecule has 0 spiro atoms. The SMILES string of the molecule is Nc1ccc(CN(Cc2ccccc2)Cc2ccccc2)cn1. The predicted octanol–water partition coefficient (Wildman–Crippen LogP) is 3.87. The normalized spacial score (nSPS) is 10.8. The van der Waals surface area contributed by atoms with Gasteiger partial charge in [0.25, 0.3) is 0 Å². The van der Waals surface area contributed by atoms with Crippen molar-refractivity contribution in [2.75, 3.05) is 5.73 Å². The summed E-state index contributed by atoms with van der Waals surface area (Å²) in [6, 6.07) is 25.0. The quantitative estimate of drug-likeness (QED) is 0.751. The van der Waals surface area contributed by atoms with Crippen molar-refractivity contribution in [2.45, 2.75) is 19.6 Å². The number of nitrogen functional groups attached to an aromatic ring is 1. The van der Waals surface area contributed by atoms with Crippen LogP contribution >= 0.6 is 0 Å². The first-order chi connectivity index (χ1) is 11.3. The molecule has 0 amide bonds. The average molecular weight is 303 g/mol. The fraction of sp³-hybridized carbons (Fsp3) is 0.150. The number of nitrogens with zero attached hydrogens (tertiary/aromatic N) is 2. The molecule has 3 rings (SSSR count). The Labute approximate surface area is 137 Å². The highest BCUT2D eigenvalue weighted by Crippen LogP contribution is 2.14. The van der Waals surface area contributed by atoms with Crippen LogP contribution < -0.4 is 5.73 Å². The second kappa shape index (κ2) is 7.56. The fourth-order valence-corrected chi connectivity index (χ4v) is 2.64. The molecule has 3 heteroatoms. The maximum atomic E-state index is 5.68. The van der Waals surface area contributed by atoms with E-state index in [0.29, 0.717) is 5.82 Å². The fourth-order valence-electron chi connectivity index (χ4n) is 2.64. The van der Waals surface area contributed by atoms with Crippen molar-refractivity contribution in [1.82, 2.24) is 9.88 Å². The average Bonchev–Trinajstić information content (AvgIpc) is 2.59. The Morgan fingerprint density at radius 1 is 0.652 bits per heavy atom. The lowest BCUT2D eigenvalue weighted by atomic mass is 10.1. The topological polar surface area (TPSA) is 42.1 Å². The van der Waals surface area contributed by atoms with Gasteiger partial charge in [-0.15, -0.1) is 0 Å². The van der Waals surface area contributed by atoms with E-state index in [1.165, 1.54) is 16.7 Å². The minimum Gasteiger partial charge on any atom is -0.384 e. The van der Waals surface area contributed by atoms with Crippen molar-refractivity contribution in [3.8, 4) is 0 Å². The maximum absolute atomic E-state index is 5.68. The Hall–Kier alpha value is -2.65. The van der Waals surface area contributed by atoms with Gasteiger partial charge in [-0.25, -0.2) is 4.98 Å². The molecule has 0 saturated heterocycles. The van der Waals surface area contributed by atoms with Crippen LogP contribution in [-0.4, -0.2) is 9.88 Å². The Balaban J connectivity index is 1.76. The third-order valence-corrected chi connectivity index (χ3v) is 3.75. The van der Waals surface area contributed by atoms with Gasteiger partial charge in [-0.1, -0.05) is 66.7 Å². The van der Waals surface area contributed by atoms with E-state index in [9.17, 15) is 0 Å². The van der Waals surface area contributed by atoms with E-state index in [4.69, 9.17) is 5.73 Å². The summed E-state index contributed by atoms with van der Waals surface area (Å²) >= 11 is 0. The lowest BCUT2D eigenvalue weighted by molar-refractivity contribution is 0.247. The monoisotopic (exact) mass is 303 g/mol. The number of anilines is 1. The third-order valence-electron chi connectivity index (χ3n) is 3.75. The first-order valence-corrected chi connectivity index (χ1v) is 7.80. The molecule has 3 aromatic rings. The summed E-state index contributed by atoms with van der Waals surface area (Å²) in [5.74, 6) is 0.561. The molecule has 0 aliphatic rings. The first-order valence-electron chi connectivity index (χ1n) is 7.80. The third kappa shape index (κ3) is 4.66. The standard InChI is InChI=1S/C20H21N3/c21-20-12-11-19(13-22-20)16-23(14-17-7-3-1-4-8-17)15-18-9-5-2-6-10-18/h1-13H,14-16H2,(H2,21,22). The molecule has 2 aromatic carbocycles. The van der Waals surface area contributed by atoms with Crippen molar-refractivity contribution in [3.63, 3.8) is 0 Å². The molecular weight excluding hydrogens is 282 g/mol. The van der Waals surface area contributed by atoms with Crippen LogP contribution in [0.25, 0.3) is 0 Å². The number of benzene rings is 2. The van der Waals surface area contributed by atoms with Gasteiger partial charge in [0.2, 0.25) is 0 Å². The second-order valence-electron chi connectivity index (χ2n) is 5.71. The zero-order valence-electron chi connectivity index (χ0n) is 13.1. The Bertz CT molecular complexity index is 667. The van der Waals surface area contributed by atoms with Crippen molar-refractivity contribution in [1.29, 1.82) is 0 Å². The summed E-state index contributed by atoms with van der Waals surface area (Å²) in [4.78, 5) is 6.61. The van der Waals surface area contributed by atoms with Crippen LogP contribution in [0.3, 0.4) is 0 Å². The highest BCUT2D eigenvalue weighted by Gasteiger charge is 2.08. The number of pyridine rings is 1. The van der Waals surface area contributed by atoms with Crippen LogP contribution in [0.2, 0.25) is 0 Å². The van der Waals surface area contributed by atoms with Gasteiger partial charge in [0.15, 0.2) is 0 Å². The number of rotatable bonds is 6. The van der Waals surface area contributed by atoms with Crippen molar-refractivity contribution >= 4 is 5.82 Å². The van der Waals surface area contributed by atoms with Crippen LogP contribution in [0.5, 0.6) is 0 Å². The van der Waals surface area contributed by atoms with E-state index in [1.807, 2.05) is 18.3 Å². The van der Waals surface area contributed by atoms with Crippen LogP contribution in [0.4, 0.5) is 5.82 Å². The molecule has 0 aliphatic heterocycles. The van der Waals surface area contributed by atoms with Gasteiger partial charge in [-0.05, 0) is 22.8 Å². The summed E-state index contributed by atoms with van der Waals surface area (Å²) in [5.41, 5.74) is 9.48. The van der Waals surface area contributed by atoms with Crippen molar-refractivity contribution in [2.24, 2.45) is 0 Å². The van der Waals surface area contributed by atoms with Gasteiger partial charge in [-0.3, -0.25) is 4.90 Å². The molecule has 2 N–H and O–H groups in total. The van der Waals surface area contributed by atoms with E-state index >= 15 is 0 Å². The van der Waals surface area contributed by atoms with Crippen LogP contribution in [0.1, 0.15) is 16.7 Å². The van der Waals surface area contributed by atoms with E-state index < -0.39 is 0 Å². The molecule has 116 valence electrons. The van der Waals surface area contributed by atoms with Crippen molar-refractivity contribution < 1.29 is 0 Å². The maximum Gasteiger partial charge on any atom is 0.123 e. The highest BCUT2D eigenvalue weighted by molar-refractivity contribution is 5.29. The molecule has 0 radical (unpaired) electrons. The minimum absolute atomic E-state index is 0.561. The Kier molecular flexibility index (Phi) is 5.02. The number of hydrogen-bond donors (Lipinski definition) is 1. The molecule has 0 fully saturated rings. The number of aromatic nitrogens is 1. The van der Waals surface area contributed by atoms with Gasteiger partial charge >= 0.3 is 0 Å². The number of hydrogen-bond acceptors (Lipinski definition) is 3. The Morgan fingerprint density at radius 2 is 1.17 bits per heavy atom. The van der Waals surface area contributed by atoms with Gasteiger partial charge in [0, 0.05) is 25.8 Å². The number of nitrogens with two attached hydrogens (primary N) is 1. The van der Waals surface area contributed by atoms with Gasteiger partial charge in [0.1, 0.15) is 5.82 Å². The smallest absolute Gasteiger partial charge is 0.123 e. The molecule has 3 nitrogen and oxygen atoms in total. The molecule has 0 bridgehead atoms. The minimum atomic E-state index is 0.561. The summed E-state index contributed by atoms with van der Waals surface area (Å²) in [6.07, 6.45) is 1.86. The van der Waals surface area contributed by atoms with Crippen molar-refractivity contribution in [3.05, 3.63) is 95.7 Å². The summed E-state index contributed by atoms with van der Waals surface area (Å²) in [7, 11) is 0. The molecular formula is C20H21N3. The Morgan fingerprint density at radius 3 is 1.65 bits per heavy atom. The largest absolute Gasteiger partial charge is 0.384 e. The molecule has 0 saturated carbocycles. The van der Waals surface area contributed by atoms with E-state index in [2.05, 4.69) is 70.5 Å². The van der Waals surface area contributed by atoms with E-state index in [0.717, 1.165) is 19.6 Å². The highest BCUT2D eigenvalue weighted by atomic mass is 15.1. The summed E-state index contributed by atoms with van der Waals surface area (Å²) in [5, 5.41) is 0. The molecule has 23 heavy (non-hydrogen) atoms. The zero-order valence-corrected chi connectivity index (χ0v) is 13.1. The predicted molar refractivity (Wildman–Crippen MR) is 94.5 cm³/mol. The molecule has 0 unspecified atom stereocenters. The van der Waals surface area contributed by atoms with Gasteiger partial charge in [0.05, 0.1) is 0 Å². The molecule has 1 heterocycles. The molecule has 1 aromatic heterocycles. The van der Waals surface area contributed by atoms with E-state index in [1.54, 1.807) is 0 Å². The summed E-state index contributed by atoms with van der Waals surface area (Å²) in [6.45, 7) is 2.65.